The number of carbonyl (C=O) groups is 1. The van der Waals surface area contributed by atoms with E-state index in [0.717, 1.165) is 4.68 Å². The highest BCUT2D eigenvalue weighted by Gasteiger charge is 2.19. The van der Waals surface area contributed by atoms with Crippen molar-refractivity contribution < 1.29 is 4.79 Å². The van der Waals surface area contributed by atoms with Crippen molar-refractivity contribution in [1.82, 2.24) is 18.7 Å². The van der Waals surface area contributed by atoms with Crippen LogP contribution in [0.25, 0.3) is 16.0 Å². The van der Waals surface area contributed by atoms with Crippen molar-refractivity contribution in [2.45, 2.75) is 26.9 Å². The number of amides is 1. The number of hydrogen-bond donors (Lipinski definition) is 1. The van der Waals surface area contributed by atoms with Gasteiger partial charge in [0.25, 0.3) is 5.56 Å². The highest BCUT2D eigenvalue weighted by molar-refractivity contribution is 7.17. The third-order valence-corrected chi connectivity index (χ3v) is 4.13. The number of rotatable bonds is 4. The lowest BCUT2D eigenvalue weighted by atomic mass is 10.2. The number of fused-ring (bicyclic) bond motifs is 3. The van der Waals surface area contributed by atoms with Gasteiger partial charge in [-0.2, -0.15) is 0 Å². The van der Waals surface area contributed by atoms with Crippen LogP contribution in [0.15, 0.2) is 21.0 Å². The Bertz CT molecular complexity index is 991. The van der Waals surface area contributed by atoms with Gasteiger partial charge in [0.05, 0.1) is 5.52 Å². The first-order valence-corrected chi connectivity index (χ1v) is 7.66. The van der Waals surface area contributed by atoms with Crippen LogP contribution >= 0.6 is 11.3 Å². The summed E-state index contributed by atoms with van der Waals surface area (Å²) >= 11 is 1.28. The van der Waals surface area contributed by atoms with Crippen molar-refractivity contribution >= 4 is 33.2 Å². The number of nitrogens with zero attached hydrogens (tertiary/aromatic N) is 4. The molecule has 22 heavy (non-hydrogen) atoms. The van der Waals surface area contributed by atoms with E-state index in [2.05, 4.69) is 5.10 Å². The second-order valence-corrected chi connectivity index (χ2v) is 6.40. The summed E-state index contributed by atoms with van der Waals surface area (Å²) in [4.78, 5) is 36.2. The lowest BCUT2D eigenvalue weighted by Crippen LogP contribution is -2.29. The van der Waals surface area contributed by atoms with Gasteiger partial charge in [-0.1, -0.05) is 13.8 Å². The molecule has 3 aromatic rings. The predicted octanol–water partition coefficient (Wildman–Crippen LogP) is 0.0137. The Balaban J connectivity index is 2.45. The van der Waals surface area contributed by atoms with E-state index in [4.69, 9.17) is 5.73 Å². The lowest BCUT2D eigenvalue weighted by Gasteiger charge is -2.09. The largest absolute Gasteiger partial charge is 0.368 e. The van der Waals surface area contributed by atoms with Crippen molar-refractivity contribution in [3.05, 3.63) is 32.3 Å². The van der Waals surface area contributed by atoms with E-state index in [0.29, 0.717) is 16.8 Å². The van der Waals surface area contributed by atoms with Gasteiger partial charge >= 0.3 is 5.69 Å². The van der Waals surface area contributed by atoms with Crippen molar-refractivity contribution in [2.24, 2.45) is 11.7 Å². The molecular formula is C13H15N5O3S. The fourth-order valence-corrected chi connectivity index (χ4v) is 3.24. The van der Waals surface area contributed by atoms with Crippen molar-refractivity contribution in [3.63, 3.8) is 0 Å². The number of aromatic nitrogens is 4. The maximum Gasteiger partial charge on any atom is 0.352 e. The van der Waals surface area contributed by atoms with Gasteiger partial charge in [-0.15, -0.1) is 16.4 Å². The van der Waals surface area contributed by atoms with E-state index >= 15 is 0 Å². The Labute approximate surface area is 128 Å². The first kappa shape index (κ1) is 14.5. The standard InChI is InChI=1S/C13H15N5O3S/c1-7(2)5-16-11(20)10-8(3-4-22-10)18-12(16)15-17(13(18)21)6-9(14)19/h3-4,7H,5-6H2,1-2H3,(H2,14,19). The molecule has 0 saturated carbocycles. The molecule has 3 aromatic heterocycles. The van der Waals surface area contributed by atoms with E-state index < -0.39 is 11.6 Å². The Morgan fingerprint density at radius 1 is 1.41 bits per heavy atom. The maximum absolute atomic E-state index is 12.6. The van der Waals surface area contributed by atoms with Gasteiger partial charge in [-0.3, -0.25) is 14.2 Å². The zero-order chi connectivity index (χ0) is 16.0. The zero-order valence-electron chi connectivity index (χ0n) is 12.1. The molecule has 8 nitrogen and oxygen atoms in total. The highest BCUT2D eigenvalue weighted by Crippen LogP contribution is 2.17. The van der Waals surface area contributed by atoms with Crippen molar-refractivity contribution in [3.8, 4) is 0 Å². The summed E-state index contributed by atoms with van der Waals surface area (Å²) in [5.74, 6) is -0.226. The molecule has 0 bridgehead atoms. The minimum absolute atomic E-state index is 0.178. The Kier molecular flexibility index (Phi) is 3.36. The summed E-state index contributed by atoms with van der Waals surface area (Å²) in [7, 11) is 0. The van der Waals surface area contributed by atoms with E-state index in [1.54, 1.807) is 11.4 Å². The number of nitrogens with two attached hydrogens (primary N) is 1. The molecule has 0 aliphatic rings. The molecule has 116 valence electrons. The molecule has 9 heteroatoms. The van der Waals surface area contributed by atoms with Gasteiger partial charge in [-0.05, 0) is 17.4 Å². The molecule has 0 aliphatic carbocycles. The summed E-state index contributed by atoms with van der Waals surface area (Å²) in [6.45, 7) is 4.06. The monoisotopic (exact) mass is 321 g/mol. The topological polar surface area (TPSA) is 104 Å². The van der Waals surface area contributed by atoms with Crippen LogP contribution in [-0.4, -0.2) is 24.7 Å². The molecule has 0 spiro atoms. The predicted molar refractivity (Wildman–Crippen MR) is 83.1 cm³/mol. The van der Waals surface area contributed by atoms with Crippen LogP contribution in [0.4, 0.5) is 0 Å². The van der Waals surface area contributed by atoms with Crippen LogP contribution in [0.3, 0.4) is 0 Å². The molecule has 0 atom stereocenters. The minimum atomic E-state index is -0.662. The molecule has 0 aliphatic heterocycles. The molecular weight excluding hydrogens is 306 g/mol. The SMILES string of the molecule is CC(C)Cn1c(=O)c2sccc2n2c(=O)n(CC(N)=O)nc12. The summed E-state index contributed by atoms with van der Waals surface area (Å²) in [6, 6.07) is 1.70. The van der Waals surface area contributed by atoms with Crippen LogP contribution in [0.5, 0.6) is 0 Å². The highest BCUT2D eigenvalue weighted by atomic mass is 32.1. The maximum atomic E-state index is 12.6. The summed E-state index contributed by atoms with van der Waals surface area (Å²) in [5, 5.41) is 5.88. The van der Waals surface area contributed by atoms with Gasteiger partial charge in [0.1, 0.15) is 11.2 Å². The van der Waals surface area contributed by atoms with Gasteiger partial charge in [-0.25, -0.2) is 13.9 Å². The first-order chi connectivity index (χ1) is 10.4. The Morgan fingerprint density at radius 2 is 2.14 bits per heavy atom. The normalized spacial score (nSPS) is 11.8. The third kappa shape index (κ3) is 2.13. The smallest absolute Gasteiger partial charge is 0.352 e. The summed E-state index contributed by atoms with van der Waals surface area (Å²) < 4.78 is 4.32. The van der Waals surface area contributed by atoms with Gasteiger partial charge in [0.2, 0.25) is 11.7 Å². The average Bonchev–Trinajstić information content (AvgIpc) is 3.00. The third-order valence-electron chi connectivity index (χ3n) is 3.24. The molecule has 0 saturated heterocycles. The van der Waals surface area contributed by atoms with Crippen LogP contribution < -0.4 is 17.0 Å². The second-order valence-electron chi connectivity index (χ2n) is 5.49. The fraction of sp³-hybridized carbons (Fsp3) is 0.385. The molecule has 3 rings (SSSR count). The number of thiophene rings is 1. The number of primary amides is 1. The second kappa shape index (κ2) is 5.09. The fourth-order valence-electron chi connectivity index (χ4n) is 2.41. The van der Waals surface area contributed by atoms with Crippen LogP contribution in [-0.2, 0) is 17.9 Å². The van der Waals surface area contributed by atoms with E-state index in [1.807, 2.05) is 13.8 Å². The van der Waals surface area contributed by atoms with Crippen molar-refractivity contribution in [1.29, 1.82) is 0 Å². The van der Waals surface area contributed by atoms with Gasteiger partial charge in [0.15, 0.2) is 0 Å². The molecule has 0 radical (unpaired) electrons. The molecule has 1 amide bonds. The first-order valence-electron chi connectivity index (χ1n) is 6.78. The molecule has 2 N–H and O–H groups in total. The number of hydrogen-bond acceptors (Lipinski definition) is 5. The number of carbonyl (C=O) groups excluding carboxylic acids is 1. The van der Waals surface area contributed by atoms with Crippen molar-refractivity contribution in [2.75, 3.05) is 0 Å². The minimum Gasteiger partial charge on any atom is -0.368 e. The lowest BCUT2D eigenvalue weighted by molar-refractivity contribution is -0.118. The van der Waals surface area contributed by atoms with Crippen LogP contribution in [0.1, 0.15) is 13.8 Å². The Morgan fingerprint density at radius 3 is 2.77 bits per heavy atom. The van der Waals surface area contributed by atoms with E-state index in [9.17, 15) is 14.4 Å². The molecule has 0 unspecified atom stereocenters. The summed E-state index contributed by atoms with van der Waals surface area (Å²) in [5.41, 5.74) is 4.99. The molecule has 0 aromatic carbocycles. The van der Waals surface area contributed by atoms with Gasteiger partial charge in [0, 0.05) is 6.54 Å². The quantitative estimate of drug-likeness (QED) is 0.731. The molecule has 0 fully saturated rings. The van der Waals surface area contributed by atoms with Crippen LogP contribution in [0, 0.1) is 5.92 Å². The van der Waals surface area contributed by atoms with Crippen LogP contribution in [0.2, 0.25) is 0 Å². The average molecular weight is 321 g/mol. The van der Waals surface area contributed by atoms with Gasteiger partial charge < -0.3 is 5.73 Å². The summed E-state index contributed by atoms with van der Waals surface area (Å²) in [6.07, 6.45) is 0. The zero-order valence-corrected chi connectivity index (χ0v) is 13.0. The molecule has 3 heterocycles. The van der Waals surface area contributed by atoms with E-state index in [-0.39, 0.29) is 23.8 Å². The Hall–Kier alpha value is -2.42. The van der Waals surface area contributed by atoms with E-state index in [1.165, 1.54) is 20.3 Å².